The molecule has 0 unspecified atom stereocenters. The van der Waals surface area contributed by atoms with Crippen molar-refractivity contribution in [2.45, 2.75) is 6.92 Å². The summed E-state index contributed by atoms with van der Waals surface area (Å²) >= 11 is 3.17. The summed E-state index contributed by atoms with van der Waals surface area (Å²) in [4.78, 5) is 17.9. The van der Waals surface area contributed by atoms with Crippen LogP contribution in [-0.2, 0) is 0 Å². The third kappa shape index (κ3) is 4.14. The van der Waals surface area contributed by atoms with Crippen LogP contribution in [0, 0.1) is 5.21 Å². The van der Waals surface area contributed by atoms with Gasteiger partial charge in [0.2, 0.25) is 0 Å². The lowest BCUT2D eigenvalue weighted by Crippen LogP contribution is -2.27. The molecule has 0 saturated carbocycles. The molecular weight excluding hydrogens is 508 g/mol. The molecular formula is C23H17BrN4O6-2. The number of rotatable bonds is 5. The van der Waals surface area contributed by atoms with Crippen molar-refractivity contribution in [3.05, 3.63) is 92.3 Å². The molecule has 4 rings (SSSR count). The molecule has 0 atom stereocenters. The molecule has 0 amide bonds. The first kappa shape index (κ1) is 23.4. The minimum atomic E-state index is -0.601. The van der Waals surface area contributed by atoms with Gasteiger partial charge < -0.3 is 15.5 Å². The Morgan fingerprint density at radius 3 is 2.32 bits per heavy atom. The van der Waals surface area contributed by atoms with E-state index in [2.05, 4.69) is 20.9 Å². The molecule has 11 heteroatoms. The van der Waals surface area contributed by atoms with Crippen molar-refractivity contribution >= 4 is 49.6 Å². The van der Waals surface area contributed by atoms with E-state index in [1.165, 1.54) is 17.6 Å². The van der Waals surface area contributed by atoms with Crippen LogP contribution in [0.2, 0.25) is 0 Å². The van der Waals surface area contributed by atoms with E-state index in [0.717, 1.165) is 6.07 Å². The zero-order valence-corrected chi connectivity index (χ0v) is 19.2. The summed E-state index contributed by atoms with van der Waals surface area (Å²) in [6, 6.07) is 17.7. The first-order chi connectivity index (χ1) is 16.2. The molecule has 0 bridgehead atoms. The number of hydrogen-bond acceptors (Lipinski definition) is 9. The zero-order chi connectivity index (χ0) is 24.6. The molecule has 34 heavy (non-hydrogen) atoms. The Bertz CT molecular complexity index is 1470. The summed E-state index contributed by atoms with van der Waals surface area (Å²) in [5.74, 6) is -0.533. The van der Waals surface area contributed by atoms with Crippen molar-refractivity contribution in [1.82, 2.24) is 4.57 Å². The summed E-state index contributed by atoms with van der Waals surface area (Å²) < 4.78 is 1.51. The first-order valence-electron chi connectivity index (χ1n) is 9.84. The zero-order valence-electron chi connectivity index (χ0n) is 17.6. The third-order valence-corrected chi connectivity index (χ3v) is 5.76. The summed E-state index contributed by atoms with van der Waals surface area (Å²) in [6.07, 6.45) is 0. The van der Waals surface area contributed by atoms with Crippen LogP contribution >= 0.6 is 15.9 Å². The maximum atomic E-state index is 13.6. The van der Waals surface area contributed by atoms with Crippen LogP contribution in [0.5, 0.6) is 5.75 Å². The predicted molar refractivity (Wildman–Crippen MR) is 129 cm³/mol. The van der Waals surface area contributed by atoms with E-state index in [1.807, 2.05) is 0 Å². The van der Waals surface area contributed by atoms with Gasteiger partial charge in [-0.3, -0.25) is 25.0 Å². The fourth-order valence-electron chi connectivity index (χ4n) is 3.63. The summed E-state index contributed by atoms with van der Waals surface area (Å²) in [7, 11) is 0. The van der Waals surface area contributed by atoms with Crippen LogP contribution in [0.25, 0.3) is 16.6 Å². The Balaban J connectivity index is 2.02. The van der Waals surface area contributed by atoms with Gasteiger partial charge >= 0.3 is 0 Å². The lowest BCUT2D eigenvalue weighted by molar-refractivity contribution is -0.266. The van der Waals surface area contributed by atoms with Crippen LogP contribution in [0.3, 0.4) is 0 Å². The molecule has 3 N–H and O–H groups in total. The van der Waals surface area contributed by atoms with E-state index in [0.29, 0.717) is 16.6 Å². The molecule has 0 aliphatic rings. The van der Waals surface area contributed by atoms with Gasteiger partial charge in [-0.15, -0.1) is 5.23 Å². The molecule has 3 aromatic carbocycles. The van der Waals surface area contributed by atoms with Gasteiger partial charge in [-0.25, -0.2) is 4.99 Å². The van der Waals surface area contributed by atoms with E-state index in [-0.39, 0.29) is 38.0 Å². The van der Waals surface area contributed by atoms with Crippen LogP contribution in [-0.4, -0.2) is 25.9 Å². The lowest BCUT2D eigenvalue weighted by Gasteiger charge is -2.24. The highest BCUT2D eigenvalue weighted by atomic mass is 79.9. The fourth-order valence-corrected chi connectivity index (χ4v) is 4.16. The number of para-hydroxylation sites is 2. The SMILES string of the molecule is CC(=Nc1c(Br)cc(N([O-])O)cc1N(O)O)c1c([O-])c2ccccc2n(-c2ccccc2)c1=O. The standard InChI is InChI=1S/C23H18BrN4O6/c1-13(25-21-17(24)11-15(27(31)32)12-19(21)28(33)34)20-22(29)16-9-5-6-10-18(16)26(23(20)30)14-7-3-2-4-8-14/h2-12,29,31,33-34H,1H3/q-1/p-1. The number of halogens is 1. The number of aliphatic imine (C=N–C) groups is 1. The maximum absolute atomic E-state index is 13.6. The summed E-state index contributed by atoms with van der Waals surface area (Å²) in [5.41, 5.74) is -0.600. The molecule has 1 aromatic heterocycles. The van der Waals surface area contributed by atoms with Crippen LogP contribution < -0.4 is 21.1 Å². The second kappa shape index (κ2) is 9.25. The van der Waals surface area contributed by atoms with Crippen molar-refractivity contribution in [2.24, 2.45) is 4.99 Å². The third-order valence-electron chi connectivity index (χ3n) is 5.15. The van der Waals surface area contributed by atoms with Crippen LogP contribution in [0.1, 0.15) is 12.5 Å². The fraction of sp³-hybridized carbons (Fsp3) is 0.0435. The lowest BCUT2D eigenvalue weighted by atomic mass is 10.1. The molecule has 0 radical (unpaired) electrons. The molecule has 1 heterocycles. The Morgan fingerprint density at radius 1 is 1.03 bits per heavy atom. The first-order valence-corrected chi connectivity index (χ1v) is 10.6. The van der Waals surface area contributed by atoms with Gasteiger partial charge in [0.1, 0.15) is 11.4 Å². The normalized spacial score (nSPS) is 11.6. The quantitative estimate of drug-likeness (QED) is 0.259. The number of nitrogens with zero attached hydrogens (tertiary/aromatic N) is 4. The molecule has 0 saturated heterocycles. The summed E-state index contributed by atoms with van der Waals surface area (Å²) in [6.45, 7) is 1.44. The average molecular weight is 525 g/mol. The van der Waals surface area contributed by atoms with Gasteiger partial charge in [0.05, 0.1) is 22.5 Å². The topological polar surface area (TPSA) is 148 Å². The molecule has 0 spiro atoms. The number of fused-ring (bicyclic) bond motifs is 1. The molecule has 0 fully saturated rings. The molecule has 10 nitrogen and oxygen atoms in total. The van der Waals surface area contributed by atoms with Crippen LogP contribution in [0.15, 0.2) is 81.0 Å². The van der Waals surface area contributed by atoms with Gasteiger partial charge in [-0.05, 0) is 58.6 Å². The Morgan fingerprint density at radius 2 is 1.68 bits per heavy atom. The highest BCUT2D eigenvalue weighted by molar-refractivity contribution is 9.10. The van der Waals surface area contributed by atoms with Crippen molar-refractivity contribution in [1.29, 1.82) is 0 Å². The van der Waals surface area contributed by atoms with Gasteiger partial charge in [0.25, 0.3) is 5.56 Å². The number of hydrogen-bond donors (Lipinski definition) is 3. The highest BCUT2D eigenvalue weighted by Gasteiger charge is 2.18. The Labute approximate surface area is 201 Å². The van der Waals surface area contributed by atoms with E-state index in [9.17, 15) is 30.7 Å². The van der Waals surface area contributed by atoms with Gasteiger partial charge in [-0.2, -0.15) is 0 Å². The molecule has 174 valence electrons. The molecule has 4 aromatic rings. The number of pyridine rings is 1. The average Bonchev–Trinajstić information content (AvgIpc) is 2.80. The Kier molecular flexibility index (Phi) is 6.37. The van der Waals surface area contributed by atoms with E-state index < -0.39 is 16.5 Å². The molecule has 0 aliphatic heterocycles. The number of benzene rings is 3. The highest BCUT2D eigenvalue weighted by Crippen LogP contribution is 2.40. The smallest absolute Gasteiger partial charge is 0.264 e. The van der Waals surface area contributed by atoms with Crippen molar-refractivity contribution < 1.29 is 20.7 Å². The van der Waals surface area contributed by atoms with E-state index in [1.54, 1.807) is 54.6 Å². The predicted octanol–water partition coefficient (Wildman–Crippen LogP) is 4.25. The number of anilines is 2. The second-order valence-corrected chi connectivity index (χ2v) is 8.11. The monoisotopic (exact) mass is 524 g/mol. The minimum Gasteiger partial charge on any atom is -0.871 e. The maximum Gasteiger partial charge on any atom is 0.264 e. The van der Waals surface area contributed by atoms with Gasteiger partial charge in [0, 0.05) is 10.2 Å². The number of aromatic nitrogens is 1. The largest absolute Gasteiger partial charge is 0.871 e. The minimum absolute atomic E-state index is 0.00459. The van der Waals surface area contributed by atoms with Gasteiger partial charge in [-0.1, -0.05) is 42.1 Å². The van der Waals surface area contributed by atoms with Crippen molar-refractivity contribution in [2.75, 3.05) is 10.5 Å². The van der Waals surface area contributed by atoms with Gasteiger partial charge in [0.15, 0.2) is 0 Å². The van der Waals surface area contributed by atoms with E-state index in [4.69, 9.17) is 0 Å². The van der Waals surface area contributed by atoms with E-state index >= 15 is 0 Å². The molecule has 0 aliphatic carbocycles. The van der Waals surface area contributed by atoms with Crippen LogP contribution in [0.4, 0.5) is 17.1 Å². The van der Waals surface area contributed by atoms with Crippen molar-refractivity contribution in [3.63, 3.8) is 0 Å². The Hall–Kier alpha value is -3.74. The second-order valence-electron chi connectivity index (χ2n) is 7.25. The van der Waals surface area contributed by atoms with Crippen molar-refractivity contribution in [3.8, 4) is 11.4 Å². The summed E-state index contributed by atoms with van der Waals surface area (Å²) in [5, 5.41) is 52.6.